The number of aromatic amines is 1. The molecule has 132 valence electrons. The third-order valence-corrected chi connectivity index (χ3v) is 5.32. The van der Waals surface area contributed by atoms with Crippen molar-refractivity contribution in [1.29, 1.82) is 0 Å². The molecule has 0 bridgehead atoms. The standard InChI is InChI=1S/C23H17IN2O/c24-22-25-20(16-27)21(26-22)23(17-10-4-1-5-11-17,18-12-6-2-7-13-18)19-14-8-3-9-15-19/h1-16H,(H,25,26). The Hall–Kier alpha value is -2.73. The second kappa shape index (κ2) is 7.48. The Morgan fingerprint density at radius 2 is 1.15 bits per heavy atom. The molecule has 0 fully saturated rings. The molecule has 3 aromatic carbocycles. The normalized spacial score (nSPS) is 11.3. The molecule has 1 aromatic heterocycles. The Morgan fingerprint density at radius 1 is 0.741 bits per heavy atom. The Morgan fingerprint density at radius 3 is 1.52 bits per heavy atom. The van der Waals surface area contributed by atoms with Crippen LogP contribution in [0.4, 0.5) is 0 Å². The quantitative estimate of drug-likeness (QED) is 0.251. The van der Waals surface area contributed by atoms with Crippen LogP contribution in [0.1, 0.15) is 32.9 Å². The highest BCUT2D eigenvalue weighted by Crippen LogP contribution is 2.45. The zero-order valence-electron chi connectivity index (χ0n) is 14.5. The summed E-state index contributed by atoms with van der Waals surface area (Å²) in [5, 5.41) is 0. The molecular weight excluding hydrogens is 447 g/mol. The minimum Gasteiger partial charge on any atom is -0.335 e. The maximum Gasteiger partial charge on any atom is 0.170 e. The van der Waals surface area contributed by atoms with Crippen molar-refractivity contribution in [1.82, 2.24) is 9.97 Å². The van der Waals surface area contributed by atoms with Crippen molar-refractivity contribution in [3.8, 4) is 0 Å². The molecule has 0 saturated carbocycles. The number of hydrogen-bond donors (Lipinski definition) is 1. The van der Waals surface area contributed by atoms with E-state index in [0.717, 1.165) is 28.7 Å². The summed E-state index contributed by atoms with van der Waals surface area (Å²) in [5.41, 5.74) is 3.76. The van der Waals surface area contributed by atoms with Gasteiger partial charge in [-0.25, -0.2) is 4.98 Å². The van der Waals surface area contributed by atoms with E-state index in [1.807, 2.05) is 54.6 Å². The van der Waals surface area contributed by atoms with E-state index in [2.05, 4.69) is 69.0 Å². The number of imidazole rings is 1. The first-order chi connectivity index (χ1) is 13.3. The Bertz CT molecular complexity index is 947. The van der Waals surface area contributed by atoms with Gasteiger partial charge in [-0.05, 0) is 39.3 Å². The highest BCUT2D eigenvalue weighted by Gasteiger charge is 2.41. The fourth-order valence-corrected chi connectivity index (χ4v) is 4.25. The van der Waals surface area contributed by atoms with Gasteiger partial charge in [0.15, 0.2) is 10.1 Å². The van der Waals surface area contributed by atoms with Crippen molar-refractivity contribution < 1.29 is 4.79 Å². The molecule has 0 radical (unpaired) electrons. The lowest BCUT2D eigenvalue weighted by molar-refractivity contribution is 0.111. The second-order valence-electron chi connectivity index (χ2n) is 6.25. The molecule has 0 saturated heterocycles. The minimum absolute atomic E-state index is 0.427. The number of carbonyl (C=O) groups excluding carboxylic acids is 1. The van der Waals surface area contributed by atoms with Crippen molar-refractivity contribution in [3.63, 3.8) is 0 Å². The third kappa shape index (κ3) is 3.00. The van der Waals surface area contributed by atoms with E-state index in [0.29, 0.717) is 9.53 Å². The van der Waals surface area contributed by atoms with Crippen LogP contribution in [0.25, 0.3) is 0 Å². The molecule has 4 aromatic rings. The van der Waals surface area contributed by atoms with E-state index in [1.54, 1.807) is 0 Å². The van der Waals surface area contributed by atoms with Gasteiger partial charge < -0.3 is 4.98 Å². The number of nitrogens with one attached hydrogen (secondary N) is 1. The van der Waals surface area contributed by atoms with E-state index in [-0.39, 0.29) is 0 Å². The molecule has 0 atom stereocenters. The fraction of sp³-hybridized carbons (Fsp3) is 0.0435. The van der Waals surface area contributed by atoms with Gasteiger partial charge in [0.25, 0.3) is 0 Å². The number of aldehydes is 1. The molecule has 0 amide bonds. The molecule has 0 aliphatic rings. The predicted molar refractivity (Wildman–Crippen MR) is 115 cm³/mol. The first-order valence-electron chi connectivity index (χ1n) is 8.64. The molecule has 1 N–H and O–H groups in total. The van der Waals surface area contributed by atoms with Crippen LogP contribution in [0.2, 0.25) is 0 Å². The lowest BCUT2D eigenvalue weighted by Crippen LogP contribution is -2.32. The van der Waals surface area contributed by atoms with Gasteiger partial charge >= 0.3 is 0 Å². The lowest BCUT2D eigenvalue weighted by Gasteiger charge is -2.35. The smallest absolute Gasteiger partial charge is 0.170 e. The van der Waals surface area contributed by atoms with Gasteiger partial charge in [0, 0.05) is 0 Å². The summed E-state index contributed by atoms with van der Waals surface area (Å²) in [5.74, 6) is 0. The van der Waals surface area contributed by atoms with Gasteiger partial charge in [-0.15, -0.1) is 0 Å². The average molecular weight is 464 g/mol. The number of carbonyl (C=O) groups is 1. The zero-order valence-corrected chi connectivity index (χ0v) is 16.6. The number of H-pyrrole nitrogens is 1. The Balaban J connectivity index is 2.18. The van der Waals surface area contributed by atoms with Crippen LogP contribution in [-0.4, -0.2) is 16.3 Å². The Kier molecular flexibility index (Phi) is 4.90. The topological polar surface area (TPSA) is 45.8 Å². The van der Waals surface area contributed by atoms with Gasteiger partial charge in [0.05, 0.1) is 11.1 Å². The summed E-state index contributed by atoms with van der Waals surface area (Å²) in [6.07, 6.45) is 0.831. The van der Waals surface area contributed by atoms with Gasteiger partial charge in [-0.2, -0.15) is 0 Å². The number of halogens is 1. The SMILES string of the molecule is O=Cc1nc(I)[nH]c1C(c1ccccc1)(c1ccccc1)c1ccccc1. The molecule has 0 aliphatic heterocycles. The number of rotatable bonds is 5. The van der Waals surface area contributed by atoms with Crippen molar-refractivity contribution in [2.75, 3.05) is 0 Å². The number of hydrogen-bond acceptors (Lipinski definition) is 2. The van der Waals surface area contributed by atoms with Crippen LogP contribution >= 0.6 is 22.6 Å². The van der Waals surface area contributed by atoms with Crippen LogP contribution < -0.4 is 0 Å². The minimum atomic E-state index is -0.670. The summed E-state index contributed by atoms with van der Waals surface area (Å²) in [4.78, 5) is 19.7. The summed E-state index contributed by atoms with van der Waals surface area (Å²) in [7, 11) is 0. The molecule has 0 aliphatic carbocycles. The van der Waals surface area contributed by atoms with Gasteiger partial charge in [0.2, 0.25) is 0 Å². The Labute approximate surface area is 171 Å². The molecule has 1 heterocycles. The number of benzene rings is 3. The van der Waals surface area contributed by atoms with E-state index < -0.39 is 5.41 Å². The lowest BCUT2D eigenvalue weighted by atomic mass is 9.67. The van der Waals surface area contributed by atoms with Crippen molar-refractivity contribution in [3.05, 3.63) is 123 Å². The molecule has 27 heavy (non-hydrogen) atoms. The molecule has 4 rings (SSSR count). The van der Waals surface area contributed by atoms with Crippen molar-refractivity contribution >= 4 is 28.9 Å². The van der Waals surface area contributed by atoms with E-state index in [4.69, 9.17) is 0 Å². The maximum absolute atomic E-state index is 11.9. The van der Waals surface area contributed by atoms with Gasteiger partial charge in [-0.1, -0.05) is 91.0 Å². The van der Waals surface area contributed by atoms with E-state index in [9.17, 15) is 4.79 Å². The molecule has 4 heteroatoms. The first kappa shape index (κ1) is 17.7. The van der Waals surface area contributed by atoms with Crippen molar-refractivity contribution in [2.24, 2.45) is 0 Å². The summed E-state index contributed by atoms with van der Waals surface area (Å²) >= 11 is 2.12. The van der Waals surface area contributed by atoms with Gasteiger partial charge in [-0.3, -0.25) is 4.79 Å². The fourth-order valence-electron chi connectivity index (χ4n) is 3.73. The molecule has 3 nitrogen and oxygen atoms in total. The highest BCUT2D eigenvalue weighted by molar-refractivity contribution is 14.1. The van der Waals surface area contributed by atoms with Crippen molar-refractivity contribution in [2.45, 2.75) is 5.41 Å². The van der Waals surface area contributed by atoms with E-state index in [1.165, 1.54) is 0 Å². The second-order valence-corrected chi connectivity index (χ2v) is 7.28. The molecule has 0 spiro atoms. The van der Waals surface area contributed by atoms with Crippen LogP contribution in [0, 0.1) is 3.83 Å². The summed E-state index contributed by atoms with van der Waals surface area (Å²) < 4.78 is 0.692. The van der Waals surface area contributed by atoms with Crippen LogP contribution in [0.3, 0.4) is 0 Å². The largest absolute Gasteiger partial charge is 0.335 e. The zero-order chi connectivity index (χ0) is 18.7. The first-order valence-corrected chi connectivity index (χ1v) is 9.72. The number of nitrogens with zero attached hydrogens (tertiary/aromatic N) is 1. The number of aromatic nitrogens is 2. The molecule has 0 unspecified atom stereocenters. The van der Waals surface area contributed by atoms with Crippen LogP contribution in [0.5, 0.6) is 0 Å². The van der Waals surface area contributed by atoms with Crippen LogP contribution in [-0.2, 0) is 5.41 Å². The maximum atomic E-state index is 11.9. The average Bonchev–Trinajstić information content (AvgIpc) is 3.12. The van der Waals surface area contributed by atoms with E-state index >= 15 is 0 Å². The van der Waals surface area contributed by atoms with Crippen LogP contribution in [0.15, 0.2) is 91.0 Å². The molecular formula is C23H17IN2O. The van der Waals surface area contributed by atoms with Gasteiger partial charge in [0.1, 0.15) is 5.69 Å². The monoisotopic (exact) mass is 464 g/mol. The summed E-state index contributed by atoms with van der Waals surface area (Å²) in [6, 6.07) is 30.8. The predicted octanol–water partition coefficient (Wildman–Crippen LogP) is 5.21. The third-order valence-electron chi connectivity index (χ3n) is 4.81. The highest BCUT2D eigenvalue weighted by atomic mass is 127. The summed E-state index contributed by atoms with van der Waals surface area (Å²) in [6.45, 7) is 0.